The highest BCUT2D eigenvalue weighted by atomic mass is 16.5. The lowest BCUT2D eigenvalue weighted by Crippen LogP contribution is -2.02. The van der Waals surface area contributed by atoms with Crippen molar-refractivity contribution in [2.45, 2.75) is 0 Å². The van der Waals surface area contributed by atoms with Crippen molar-refractivity contribution in [1.29, 1.82) is 0 Å². The number of esters is 1. The van der Waals surface area contributed by atoms with E-state index in [0.717, 1.165) is 10.9 Å². The molecule has 0 aliphatic rings. The van der Waals surface area contributed by atoms with Crippen molar-refractivity contribution < 1.29 is 19.4 Å². The van der Waals surface area contributed by atoms with Crippen molar-refractivity contribution in [3.8, 4) is 17.2 Å². The molecule has 0 spiro atoms. The van der Waals surface area contributed by atoms with Crippen LogP contribution in [0.25, 0.3) is 10.9 Å². The number of methoxy groups -OCH3 is 1. The Labute approximate surface area is 126 Å². The summed E-state index contributed by atoms with van der Waals surface area (Å²) in [6, 6.07) is 9.66. The van der Waals surface area contributed by atoms with Gasteiger partial charge in [-0.1, -0.05) is 0 Å². The molecule has 22 heavy (non-hydrogen) atoms. The van der Waals surface area contributed by atoms with E-state index >= 15 is 0 Å². The number of benzene rings is 2. The second-order valence-corrected chi connectivity index (χ2v) is 4.77. The number of rotatable bonds is 3. The van der Waals surface area contributed by atoms with Crippen molar-refractivity contribution in [3.05, 3.63) is 48.2 Å². The molecule has 0 radical (unpaired) electrons. The molecule has 3 aromatic rings. The third kappa shape index (κ3) is 2.46. The Morgan fingerprint density at radius 1 is 1.23 bits per heavy atom. The second kappa shape index (κ2) is 5.40. The van der Waals surface area contributed by atoms with Gasteiger partial charge < -0.3 is 14.6 Å². The van der Waals surface area contributed by atoms with Crippen LogP contribution < -0.4 is 4.74 Å². The Kier molecular flexibility index (Phi) is 3.42. The van der Waals surface area contributed by atoms with Gasteiger partial charge in [0.25, 0.3) is 0 Å². The molecular formula is C16H14N2O4. The van der Waals surface area contributed by atoms with Gasteiger partial charge in [0.15, 0.2) is 5.75 Å². The first-order chi connectivity index (χ1) is 10.6. The predicted molar refractivity (Wildman–Crippen MR) is 80.2 cm³/mol. The van der Waals surface area contributed by atoms with Crippen LogP contribution in [0.2, 0.25) is 0 Å². The van der Waals surface area contributed by atoms with Gasteiger partial charge in [0, 0.05) is 12.4 Å². The molecule has 1 heterocycles. The molecule has 2 aromatic carbocycles. The maximum atomic E-state index is 11.8. The normalized spacial score (nSPS) is 10.6. The molecule has 0 saturated heterocycles. The minimum Gasteiger partial charge on any atom is -0.508 e. The largest absolute Gasteiger partial charge is 0.508 e. The molecule has 0 saturated carbocycles. The summed E-state index contributed by atoms with van der Waals surface area (Å²) in [7, 11) is 3.13. The number of phenols is 1. The van der Waals surface area contributed by atoms with Crippen LogP contribution in [-0.4, -0.2) is 28.0 Å². The molecular weight excluding hydrogens is 284 g/mol. The van der Waals surface area contributed by atoms with Crippen molar-refractivity contribution >= 4 is 16.9 Å². The average molecular weight is 298 g/mol. The smallest absolute Gasteiger partial charge is 0.338 e. The standard InChI is InChI=1S/C16H14N2O4/c1-18-15-11(9-17-18)7-10(16(20)21-2)8-14(15)22-13-5-3-12(19)4-6-13/h3-9,19H,1-2H3. The number of carbonyl (C=O) groups is 1. The summed E-state index contributed by atoms with van der Waals surface area (Å²) in [6.45, 7) is 0. The molecule has 112 valence electrons. The molecule has 0 aliphatic carbocycles. The number of hydrogen-bond acceptors (Lipinski definition) is 5. The minimum atomic E-state index is -0.443. The number of nitrogens with zero attached hydrogens (tertiary/aromatic N) is 2. The van der Waals surface area contributed by atoms with Gasteiger partial charge in [-0.3, -0.25) is 4.68 Å². The zero-order chi connectivity index (χ0) is 15.7. The molecule has 6 nitrogen and oxygen atoms in total. The van der Waals surface area contributed by atoms with Crippen molar-refractivity contribution in [2.24, 2.45) is 7.05 Å². The maximum absolute atomic E-state index is 11.8. The Morgan fingerprint density at radius 2 is 1.95 bits per heavy atom. The van der Waals surface area contributed by atoms with Crippen LogP contribution in [0.4, 0.5) is 0 Å². The van der Waals surface area contributed by atoms with E-state index in [1.807, 2.05) is 0 Å². The van der Waals surface area contributed by atoms with E-state index in [4.69, 9.17) is 9.47 Å². The fraction of sp³-hybridized carbons (Fsp3) is 0.125. The van der Waals surface area contributed by atoms with Crippen LogP contribution in [0.5, 0.6) is 17.2 Å². The van der Waals surface area contributed by atoms with Crippen LogP contribution in [0.1, 0.15) is 10.4 Å². The van der Waals surface area contributed by atoms with Crippen LogP contribution in [-0.2, 0) is 11.8 Å². The molecule has 3 rings (SSSR count). The van der Waals surface area contributed by atoms with E-state index in [9.17, 15) is 9.90 Å². The summed E-state index contributed by atoms with van der Waals surface area (Å²) in [4.78, 5) is 11.8. The number of phenolic OH excluding ortho intramolecular Hbond substituents is 1. The molecule has 0 amide bonds. The topological polar surface area (TPSA) is 73.6 Å². The number of aromatic nitrogens is 2. The van der Waals surface area contributed by atoms with Gasteiger partial charge >= 0.3 is 5.97 Å². The van der Waals surface area contributed by atoms with Gasteiger partial charge in [0.2, 0.25) is 0 Å². The average Bonchev–Trinajstić information content (AvgIpc) is 2.90. The number of hydrogen-bond donors (Lipinski definition) is 1. The molecule has 1 N–H and O–H groups in total. The summed E-state index contributed by atoms with van der Waals surface area (Å²) in [5.41, 5.74) is 1.15. The summed E-state index contributed by atoms with van der Waals surface area (Å²) < 4.78 is 12.3. The summed E-state index contributed by atoms with van der Waals surface area (Å²) >= 11 is 0. The zero-order valence-electron chi connectivity index (χ0n) is 12.1. The SMILES string of the molecule is COC(=O)c1cc(Oc2ccc(O)cc2)c2c(cnn2C)c1. The van der Waals surface area contributed by atoms with E-state index in [-0.39, 0.29) is 5.75 Å². The fourth-order valence-electron chi connectivity index (χ4n) is 2.24. The van der Waals surface area contributed by atoms with Gasteiger partial charge in [-0.15, -0.1) is 0 Å². The molecule has 0 atom stereocenters. The minimum absolute atomic E-state index is 0.154. The van der Waals surface area contributed by atoms with Crippen LogP contribution >= 0.6 is 0 Å². The summed E-state index contributed by atoms with van der Waals surface area (Å²) in [5, 5.41) is 14.3. The number of carbonyl (C=O) groups excluding carboxylic acids is 1. The third-order valence-electron chi connectivity index (χ3n) is 3.28. The molecule has 1 aromatic heterocycles. The molecule has 0 unspecified atom stereocenters. The maximum Gasteiger partial charge on any atom is 0.338 e. The highest BCUT2D eigenvalue weighted by molar-refractivity contribution is 5.97. The lowest BCUT2D eigenvalue weighted by atomic mass is 10.1. The van der Waals surface area contributed by atoms with Gasteiger partial charge in [0.05, 0.1) is 18.9 Å². The van der Waals surface area contributed by atoms with Crippen LogP contribution in [0.15, 0.2) is 42.6 Å². The van der Waals surface area contributed by atoms with E-state index in [2.05, 4.69) is 5.10 Å². The van der Waals surface area contributed by atoms with Gasteiger partial charge in [0.1, 0.15) is 17.0 Å². The Morgan fingerprint density at radius 3 is 2.64 bits per heavy atom. The number of aryl methyl sites for hydroxylation is 1. The van der Waals surface area contributed by atoms with E-state index < -0.39 is 5.97 Å². The van der Waals surface area contributed by atoms with Gasteiger partial charge in [-0.05, 0) is 36.4 Å². The second-order valence-electron chi connectivity index (χ2n) is 4.77. The third-order valence-corrected chi connectivity index (χ3v) is 3.28. The fourth-order valence-corrected chi connectivity index (χ4v) is 2.24. The van der Waals surface area contributed by atoms with E-state index in [1.165, 1.54) is 19.2 Å². The summed E-state index contributed by atoms with van der Waals surface area (Å²) in [5.74, 6) is 0.744. The Bertz CT molecular complexity index is 837. The first-order valence-electron chi connectivity index (χ1n) is 6.59. The highest BCUT2D eigenvalue weighted by Gasteiger charge is 2.15. The first kappa shape index (κ1) is 13.9. The predicted octanol–water partition coefficient (Wildman–Crippen LogP) is 2.86. The highest BCUT2D eigenvalue weighted by Crippen LogP contribution is 2.32. The van der Waals surface area contributed by atoms with Crippen LogP contribution in [0, 0.1) is 0 Å². The quantitative estimate of drug-likeness (QED) is 0.753. The zero-order valence-corrected chi connectivity index (χ0v) is 12.1. The number of aromatic hydroxyl groups is 1. The monoisotopic (exact) mass is 298 g/mol. The van der Waals surface area contributed by atoms with E-state index in [0.29, 0.717) is 17.1 Å². The van der Waals surface area contributed by atoms with Crippen LogP contribution in [0.3, 0.4) is 0 Å². The molecule has 0 bridgehead atoms. The molecule has 6 heteroatoms. The lowest BCUT2D eigenvalue weighted by Gasteiger charge is -2.10. The van der Waals surface area contributed by atoms with E-state index in [1.54, 1.807) is 42.2 Å². The summed E-state index contributed by atoms with van der Waals surface area (Å²) in [6.07, 6.45) is 1.66. The Hall–Kier alpha value is -3.02. The van der Waals surface area contributed by atoms with Gasteiger partial charge in [-0.2, -0.15) is 5.10 Å². The van der Waals surface area contributed by atoms with Crippen molar-refractivity contribution in [2.75, 3.05) is 7.11 Å². The Balaban J connectivity index is 2.11. The number of fused-ring (bicyclic) bond motifs is 1. The van der Waals surface area contributed by atoms with Gasteiger partial charge in [-0.25, -0.2) is 4.79 Å². The first-order valence-corrected chi connectivity index (χ1v) is 6.59. The molecule has 0 aliphatic heterocycles. The number of ether oxygens (including phenoxy) is 2. The lowest BCUT2D eigenvalue weighted by molar-refractivity contribution is 0.0600. The van der Waals surface area contributed by atoms with Crippen molar-refractivity contribution in [1.82, 2.24) is 9.78 Å². The van der Waals surface area contributed by atoms with Crippen molar-refractivity contribution in [3.63, 3.8) is 0 Å². The molecule has 0 fully saturated rings.